The molecule has 0 atom stereocenters. The van der Waals surface area contributed by atoms with Crippen molar-refractivity contribution in [1.82, 2.24) is 0 Å². The highest BCUT2D eigenvalue weighted by Crippen LogP contribution is 2.29. The lowest BCUT2D eigenvalue weighted by Gasteiger charge is -2.19. The Balaban J connectivity index is 3.12. The molecule has 1 amide bonds. The van der Waals surface area contributed by atoms with Gasteiger partial charge in [-0.15, -0.1) is 0 Å². The molecule has 6 heteroatoms. The van der Waals surface area contributed by atoms with Crippen LogP contribution in [0.25, 0.3) is 0 Å². The van der Waals surface area contributed by atoms with Gasteiger partial charge in [-0.25, -0.2) is 4.79 Å². The second-order valence-electron chi connectivity index (χ2n) is 5.04. The molecule has 1 rings (SSSR count). The summed E-state index contributed by atoms with van der Waals surface area (Å²) < 4.78 is 0. The number of carboxylic acid groups (broad SMARTS) is 1. The molecule has 18 heavy (non-hydrogen) atoms. The third-order valence-electron chi connectivity index (χ3n) is 2.37. The molecular formula is C12H17N3O3. The van der Waals surface area contributed by atoms with Gasteiger partial charge in [0.05, 0.1) is 22.6 Å². The van der Waals surface area contributed by atoms with Crippen molar-refractivity contribution in [2.24, 2.45) is 5.41 Å². The van der Waals surface area contributed by atoms with E-state index in [1.165, 1.54) is 12.1 Å². The molecule has 6 N–H and O–H groups in total. The Bertz CT molecular complexity index is 481. The van der Waals surface area contributed by atoms with Crippen LogP contribution in [0.2, 0.25) is 0 Å². The molecule has 0 spiro atoms. The van der Waals surface area contributed by atoms with Crippen molar-refractivity contribution in [3.8, 4) is 0 Å². The van der Waals surface area contributed by atoms with Gasteiger partial charge in [-0.05, 0) is 12.1 Å². The first-order valence-corrected chi connectivity index (χ1v) is 5.36. The van der Waals surface area contributed by atoms with E-state index >= 15 is 0 Å². The number of nitrogen functional groups attached to an aromatic ring is 2. The van der Waals surface area contributed by atoms with Crippen LogP contribution in [0.4, 0.5) is 17.1 Å². The number of nitrogens with one attached hydrogen (secondary N) is 1. The zero-order valence-corrected chi connectivity index (χ0v) is 10.6. The molecule has 98 valence electrons. The molecule has 0 unspecified atom stereocenters. The summed E-state index contributed by atoms with van der Waals surface area (Å²) in [7, 11) is 0. The summed E-state index contributed by atoms with van der Waals surface area (Å²) in [5.74, 6) is -1.37. The van der Waals surface area contributed by atoms with Crippen LogP contribution < -0.4 is 16.8 Å². The maximum absolute atomic E-state index is 11.8. The Hall–Kier alpha value is -2.24. The van der Waals surface area contributed by atoms with Crippen molar-refractivity contribution in [2.45, 2.75) is 20.8 Å². The van der Waals surface area contributed by atoms with Crippen LogP contribution in [0.1, 0.15) is 31.1 Å². The molecule has 0 fully saturated rings. The zero-order chi connectivity index (χ0) is 14.1. The predicted molar refractivity (Wildman–Crippen MR) is 70.3 cm³/mol. The Labute approximate surface area is 105 Å². The van der Waals surface area contributed by atoms with Gasteiger partial charge in [0.2, 0.25) is 5.91 Å². The van der Waals surface area contributed by atoms with Gasteiger partial charge in [0.15, 0.2) is 0 Å². The van der Waals surface area contributed by atoms with Crippen LogP contribution in [-0.2, 0) is 4.79 Å². The molecule has 0 aliphatic rings. The number of amides is 1. The first-order valence-electron chi connectivity index (χ1n) is 5.36. The minimum absolute atomic E-state index is 0.0150. The number of carbonyl (C=O) groups excluding carboxylic acids is 1. The second-order valence-corrected chi connectivity index (χ2v) is 5.04. The molecule has 0 aliphatic carbocycles. The summed E-state index contributed by atoms with van der Waals surface area (Å²) in [5, 5.41) is 11.4. The Morgan fingerprint density at radius 3 is 1.94 bits per heavy atom. The first-order chi connectivity index (χ1) is 8.12. The average molecular weight is 251 g/mol. The summed E-state index contributed by atoms with van der Waals surface area (Å²) in [4.78, 5) is 22.6. The topological polar surface area (TPSA) is 118 Å². The van der Waals surface area contributed by atoms with E-state index < -0.39 is 11.4 Å². The predicted octanol–water partition coefficient (Wildman–Crippen LogP) is 1.53. The van der Waals surface area contributed by atoms with Crippen LogP contribution in [0, 0.1) is 5.41 Å². The van der Waals surface area contributed by atoms with Crippen molar-refractivity contribution in [1.29, 1.82) is 0 Å². The van der Waals surface area contributed by atoms with E-state index in [9.17, 15) is 9.59 Å². The fourth-order valence-electron chi connectivity index (χ4n) is 1.26. The minimum atomic E-state index is -1.12. The highest BCUT2D eigenvalue weighted by Gasteiger charge is 2.23. The molecule has 0 saturated heterocycles. The molecule has 0 saturated carbocycles. The van der Waals surface area contributed by atoms with Gasteiger partial charge >= 0.3 is 5.97 Å². The number of carbonyl (C=O) groups is 2. The van der Waals surface area contributed by atoms with E-state index in [1.807, 2.05) is 0 Å². The van der Waals surface area contributed by atoms with Crippen LogP contribution in [0.5, 0.6) is 0 Å². The monoisotopic (exact) mass is 251 g/mol. The number of hydrogen-bond acceptors (Lipinski definition) is 4. The average Bonchev–Trinajstić information content (AvgIpc) is 2.21. The van der Waals surface area contributed by atoms with Gasteiger partial charge in [-0.1, -0.05) is 20.8 Å². The molecule has 1 aromatic rings. The van der Waals surface area contributed by atoms with Gasteiger partial charge in [-0.2, -0.15) is 0 Å². The van der Waals surface area contributed by atoms with Gasteiger partial charge in [-0.3, -0.25) is 4.79 Å². The lowest BCUT2D eigenvalue weighted by Crippen LogP contribution is -2.28. The number of benzene rings is 1. The van der Waals surface area contributed by atoms with Crippen molar-refractivity contribution in [2.75, 3.05) is 16.8 Å². The molecule has 0 aromatic heterocycles. The highest BCUT2D eigenvalue weighted by molar-refractivity contribution is 6.02. The Kier molecular flexibility index (Phi) is 3.50. The van der Waals surface area contributed by atoms with E-state index in [0.29, 0.717) is 0 Å². The fourth-order valence-corrected chi connectivity index (χ4v) is 1.26. The van der Waals surface area contributed by atoms with Crippen molar-refractivity contribution in [3.63, 3.8) is 0 Å². The summed E-state index contributed by atoms with van der Waals surface area (Å²) >= 11 is 0. The Morgan fingerprint density at radius 2 is 1.61 bits per heavy atom. The van der Waals surface area contributed by atoms with Crippen LogP contribution in [-0.4, -0.2) is 17.0 Å². The smallest absolute Gasteiger partial charge is 0.335 e. The van der Waals surface area contributed by atoms with Gasteiger partial charge in [0, 0.05) is 5.41 Å². The van der Waals surface area contributed by atoms with Crippen LogP contribution >= 0.6 is 0 Å². The number of aromatic carboxylic acids is 1. The van der Waals surface area contributed by atoms with E-state index in [1.54, 1.807) is 20.8 Å². The fraction of sp³-hybridized carbons (Fsp3) is 0.333. The lowest BCUT2D eigenvalue weighted by molar-refractivity contribution is -0.123. The molecule has 0 bridgehead atoms. The number of rotatable bonds is 2. The Morgan fingerprint density at radius 1 is 1.17 bits per heavy atom. The summed E-state index contributed by atoms with van der Waals surface area (Å²) in [6, 6.07) is 2.52. The number of carboxylic acids is 1. The first kappa shape index (κ1) is 13.8. The van der Waals surface area contributed by atoms with Gasteiger partial charge in [0.1, 0.15) is 0 Å². The van der Waals surface area contributed by atoms with Gasteiger partial charge < -0.3 is 21.9 Å². The number of anilines is 3. The summed E-state index contributed by atoms with van der Waals surface area (Å²) in [6.45, 7) is 5.25. The quantitative estimate of drug-likeness (QED) is 0.594. The number of nitrogens with two attached hydrogens (primary N) is 2. The summed E-state index contributed by atoms with van der Waals surface area (Å²) in [5.41, 5.74) is 11.3. The second kappa shape index (κ2) is 4.56. The maximum Gasteiger partial charge on any atom is 0.335 e. The number of hydrogen-bond donors (Lipinski definition) is 4. The van der Waals surface area contributed by atoms with Crippen molar-refractivity contribution in [3.05, 3.63) is 17.7 Å². The summed E-state index contributed by atoms with van der Waals surface area (Å²) in [6.07, 6.45) is 0. The molecule has 0 aliphatic heterocycles. The normalized spacial score (nSPS) is 11.1. The molecular weight excluding hydrogens is 234 g/mol. The van der Waals surface area contributed by atoms with Gasteiger partial charge in [0.25, 0.3) is 0 Å². The van der Waals surface area contributed by atoms with Crippen LogP contribution in [0.3, 0.4) is 0 Å². The van der Waals surface area contributed by atoms with Crippen LogP contribution in [0.15, 0.2) is 12.1 Å². The van der Waals surface area contributed by atoms with E-state index in [4.69, 9.17) is 16.6 Å². The lowest BCUT2D eigenvalue weighted by atomic mass is 9.95. The third kappa shape index (κ3) is 2.91. The van der Waals surface area contributed by atoms with E-state index in [2.05, 4.69) is 5.32 Å². The van der Waals surface area contributed by atoms with E-state index in [-0.39, 0.29) is 28.5 Å². The maximum atomic E-state index is 11.8. The largest absolute Gasteiger partial charge is 0.478 e. The molecule has 0 heterocycles. The zero-order valence-electron chi connectivity index (χ0n) is 10.6. The standard InChI is InChI=1S/C12H17N3O3/c1-12(2,3)11(18)15-9-7(13)4-6(10(16)17)5-8(9)14/h4-5H,13-14H2,1-3H3,(H,15,18)(H,16,17). The third-order valence-corrected chi connectivity index (χ3v) is 2.37. The molecule has 1 aromatic carbocycles. The molecule has 6 nitrogen and oxygen atoms in total. The SMILES string of the molecule is CC(C)(C)C(=O)Nc1c(N)cc(C(=O)O)cc1N. The minimum Gasteiger partial charge on any atom is -0.478 e. The van der Waals surface area contributed by atoms with Crippen molar-refractivity contribution < 1.29 is 14.7 Å². The molecule has 0 radical (unpaired) electrons. The van der Waals surface area contributed by atoms with Crippen molar-refractivity contribution >= 4 is 28.9 Å². The highest BCUT2D eigenvalue weighted by atomic mass is 16.4. The van der Waals surface area contributed by atoms with E-state index in [0.717, 1.165) is 0 Å².